The van der Waals surface area contributed by atoms with Crippen LogP contribution in [0.2, 0.25) is 0 Å². The topological polar surface area (TPSA) is 89.9 Å². The van der Waals surface area contributed by atoms with Crippen molar-refractivity contribution in [2.24, 2.45) is 0 Å². The summed E-state index contributed by atoms with van der Waals surface area (Å²) in [7, 11) is 0. The van der Waals surface area contributed by atoms with Gasteiger partial charge in [-0.2, -0.15) is 0 Å². The molecule has 6 nitrogen and oxygen atoms in total. The molecule has 0 rings (SSSR count). The van der Waals surface area contributed by atoms with E-state index in [1.807, 2.05) is 13.8 Å². The third-order valence-corrected chi connectivity index (χ3v) is 2.98. The van der Waals surface area contributed by atoms with Gasteiger partial charge in [0.25, 0.3) is 0 Å². The highest BCUT2D eigenvalue weighted by Crippen LogP contribution is 2.09. The van der Waals surface area contributed by atoms with Gasteiger partial charge < -0.3 is 20.4 Å². The summed E-state index contributed by atoms with van der Waals surface area (Å²) in [6, 6.07) is -1.46. The van der Waals surface area contributed by atoms with Crippen LogP contribution < -0.4 is 5.32 Å². The monoisotopic (exact) mass is 272 g/mol. The summed E-state index contributed by atoms with van der Waals surface area (Å²) < 4.78 is 0. The summed E-state index contributed by atoms with van der Waals surface area (Å²) in [6.45, 7) is 7.41. The summed E-state index contributed by atoms with van der Waals surface area (Å²) in [4.78, 5) is 24.6. The third-order valence-electron chi connectivity index (χ3n) is 2.98. The highest BCUT2D eigenvalue weighted by atomic mass is 16.4. The van der Waals surface area contributed by atoms with E-state index in [2.05, 4.69) is 11.9 Å². The number of nitrogens with zero attached hydrogens (tertiary/aromatic N) is 1. The van der Waals surface area contributed by atoms with Crippen molar-refractivity contribution in [2.45, 2.75) is 45.2 Å². The molecule has 0 radical (unpaired) electrons. The van der Waals surface area contributed by atoms with Gasteiger partial charge in [0.05, 0.1) is 6.61 Å². The first-order valence-electron chi connectivity index (χ1n) is 6.53. The number of carboxylic acids is 1. The molecule has 0 bridgehead atoms. The molecule has 0 saturated heterocycles. The summed E-state index contributed by atoms with van der Waals surface area (Å²) >= 11 is 0. The van der Waals surface area contributed by atoms with Crippen LogP contribution in [0.3, 0.4) is 0 Å². The Morgan fingerprint density at radius 1 is 1.37 bits per heavy atom. The van der Waals surface area contributed by atoms with Gasteiger partial charge in [-0.3, -0.25) is 0 Å². The van der Waals surface area contributed by atoms with Crippen molar-refractivity contribution in [3.63, 3.8) is 0 Å². The van der Waals surface area contributed by atoms with E-state index >= 15 is 0 Å². The molecular weight excluding hydrogens is 248 g/mol. The predicted molar refractivity (Wildman–Crippen MR) is 72.9 cm³/mol. The van der Waals surface area contributed by atoms with Gasteiger partial charge in [-0.1, -0.05) is 19.9 Å². The lowest BCUT2D eigenvalue weighted by molar-refractivity contribution is -0.139. The van der Waals surface area contributed by atoms with Crippen molar-refractivity contribution in [3.05, 3.63) is 12.7 Å². The SMILES string of the molecule is C=CCC(NC(=O)N(CCO)C(CC)CC)C(=O)O. The quantitative estimate of drug-likeness (QED) is 0.550. The molecule has 0 fully saturated rings. The Morgan fingerprint density at radius 2 is 1.95 bits per heavy atom. The summed E-state index contributed by atoms with van der Waals surface area (Å²) in [5.41, 5.74) is 0. The molecule has 0 aliphatic rings. The van der Waals surface area contributed by atoms with E-state index < -0.39 is 18.0 Å². The molecule has 6 heteroatoms. The van der Waals surface area contributed by atoms with Crippen LogP contribution in [0, 0.1) is 0 Å². The van der Waals surface area contributed by atoms with Gasteiger partial charge in [0.15, 0.2) is 0 Å². The number of hydrogen-bond acceptors (Lipinski definition) is 3. The van der Waals surface area contributed by atoms with Gasteiger partial charge in [-0.05, 0) is 19.3 Å². The van der Waals surface area contributed by atoms with E-state index in [4.69, 9.17) is 10.2 Å². The molecule has 1 atom stereocenters. The number of carboxylic acid groups (broad SMARTS) is 1. The van der Waals surface area contributed by atoms with Crippen LogP contribution in [0.4, 0.5) is 4.79 Å². The lowest BCUT2D eigenvalue weighted by Crippen LogP contribution is -2.51. The Morgan fingerprint density at radius 3 is 2.32 bits per heavy atom. The van der Waals surface area contributed by atoms with Crippen molar-refractivity contribution in [1.29, 1.82) is 0 Å². The van der Waals surface area contributed by atoms with Crippen LogP contribution in [-0.2, 0) is 4.79 Å². The molecule has 0 aromatic heterocycles. The number of amides is 2. The lowest BCUT2D eigenvalue weighted by Gasteiger charge is -2.31. The normalized spacial score (nSPS) is 12.0. The third kappa shape index (κ3) is 5.74. The Balaban J connectivity index is 4.78. The van der Waals surface area contributed by atoms with E-state index in [0.717, 1.165) is 12.8 Å². The zero-order valence-electron chi connectivity index (χ0n) is 11.6. The van der Waals surface area contributed by atoms with Crippen LogP contribution in [0.25, 0.3) is 0 Å². The molecule has 19 heavy (non-hydrogen) atoms. The second-order valence-electron chi connectivity index (χ2n) is 4.25. The highest BCUT2D eigenvalue weighted by molar-refractivity contribution is 5.82. The second-order valence-corrected chi connectivity index (χ2v) is 4.25. The first-order chi connectivity index (χ1) is 9.01. The molecule has 1 unspecified atom stereocenters. The fraction of sp³-hybridized carbons (Fsp3) is 0.692. The van der Waals surface area contributed by atoms with E-state index in [-0.39, 0.29) is 25.6 Å². The largest absolute Gasteiger partial charge is 0.480 e. The maximum Gasteiger partial charge on any atom is 0.326 e. The molecule has 2 amide bonds. The lowest BCUT2D eigenvalue weighted by atomic mass is 10.1. The van der Waals surface area contributed by atoms with Crippen molar-refractivity contribution < 1.29 is 19.8 Å². The highest BCUT2D eigenvalue weighted by Gasteiger charge is 2.25. The van der Waals surface area contributed by atoms with E-state index in [1.54, 1.807) is 0 Å². The number of urea groups is 1. The number of aliphatic hydroxyl groups is 1. The van der Waals surface area contributed by atoms with Gasteiger partial charge in [0.1, 0.15) is 6.04 Å². The number of nitrogens with one attached hydrogen (secondary N) is 1. The number of rotatable bonds is 9. The summed E-state index contributed by atoms with van der Waals surface area (Å²) in [6.07, 6.45) is 3.12. The van der Waals surface area contributed by atoms with Gasteiger partial charge >= 0.3 is 12.0 Å². The number of aliphatic carboxylic acids is 1. The average molecular weight is 272 g/mol. The molecule has 0 aromatic carbocycles. The molecule has 0 spiro atoms. The second kappa shape index (κ2) is 9.38. The Labute approximate surface area is 114 Å². The standard InChI is InChI=1S/C13H24N2O4/c1-4-7-11(12(17)18)14-13(19)15(8-9-16)10(5-2)6-3/h4,10-11,16H,1,5-9H2,2-3H3,(H,14,19)(H,17,18). The van der Waals surface area contributed by atoms with Crippen LogP contribution in [0.1, 0.15) is 33.1 Å². The van der Waals surface area contributed by atoms with Crippen molar-refractivity contribution >= 4 is 12.0 Å². The van der Waals surface area contributed by atoms with Gasteiger partial charge in [-0.25, -0.2) is 9.59 Å². The molecule has 0 aromatic rings. The maximum atomic E-state index is 12.1. The molecule has 0 heterocycles. The summed E-state index contributed by atoms with van der Waals surface area (Å²) in [5.74, 6) is -1.10. The smallest absolute Gasteiger partial charge is 0.326 e. The van der Waals surface area contributed by atoms with Gasteiger partial charge in [0, 0.05) is 12.6 Å². The van der Waals surface area contributed by atoms with E-state index in [9.17, 15) is 9.59 Å². The minimum atomic E-state index is -1.10. The van der Waals surface area contributed by atoms with Gasteiger partial charge in [0.2, 0.25) is 0 Å². The molecule has 0 saturated carbocycles. The number of carbonyl (C=O) groups excluding carboxylic acids is 1. The Bertz CT molecular complexity index is 303. The van der Waals surface area contributed by atoms with Crippen LogP contribution in [0.15, 0.2) is 12.7 Å². The summed E-state index contributed by atoms with van der Waals surface area (Å²) in [5, 5.41) is 20.5. The predicted octanol–water partition coefficient (Wildman–Crippen LogP) is 1.21. The van der Waals surface area contributed by atoms with Crippen LogP contribution in [0.5, 0.6) is 0 Å². The Hall–Kier alpha value is -1.56. The van der Waals surface area contributed by atoms with Crippen molar-refractivity contribution in [3.8, 4) is 0 Å². The molecule has 0 aliphatic carbocycles. The number of hydrogen-bond donors (Lipinski definition) is 3. The molecule has 0 aliphatic heterocycles. The molecular formula is C13H24N2O4. The van der Waals surface area contributed by atoms with Crippen molar-refractivity contribution in [2.75, 3.05) is 13.2 Å². The zero-order valence-corrected chi connectivity index (χ0v) is 11.6. The molecule has 110 valence electrons. The van der Waals surface area contributed by atoms with Crippen LogP contribution in [-0.4, -0.2) is 52.3 Å². The van der Waals surface area contributed by atoms with E-state index in [0.29, 0.717) is 0 Å². The van der Waals surface area contributed by atoms with E-state index in [1.165, 1.54) is 11.0 Å². The first kappa shape index (κ1) is 17.4. The fourth-order valence-electron chi connectivity index (χ4n) is 1.91. The minimum absolute atomic E-state index is 0.00896. The van der Waals surface area contributed by atoms with Crippen LogP contribution >= 0.6 is 0 Å². The number of carbonyl (C=O) groups is 2. The maximum absolute atomic E-state index is 12.1. The zero-order chi connectivity index (χ0) is 14.8. The number of aliphatic hydroxyl groups excluding tert-OH is 1. The average Bonchev–Trinajstić information content (AvgIpc) is 2.38. The minimum Gasteiger partial charge on any atom is -0.480 e. The van der Waals surface area contributed by atoms with Crippen molar-refractivity contribution in [1.82, 2.24) is 10.2 Å². The van der Waals surface area contributed by atoms with Gasteiger partial charge in [-0.15, -0.1) is 6.58 Å². The molecule has 3 N–H and O–H groups in total. The first-order valence-corrected chi connectivity index (χ1v) is 6.53. The fourth-order valence-corrected chi connectivity index (χ4v) is 1.91. The Kier molecular flexibility index (Phi) is 8.61.